The molecule has 2 heterocycles. The van der Waals surface area contributed by atoms with E-state index in [0.29, 0.717) is 23.7 Å². The predicted octanol–water partition coefficient (Wildman–Crippen LogP) is 3.95. The maximum atomic E-state index is 13.4. The van der Waals surface area contributed by atoms with Gasteiger partial charge in [0.2, 0.25) is 0 Å². The van der Waals surface area contributed by atoms with E-state index in [9.17, 15) is 4.79 Å². The number of carbonyl (C=O) groups is 1. The normalized spacial score (nSPS) is 38.9. The van der Waals surface area contributed by atoms with Gasteiger partial charge in [-0.25, -0.2) is 0 Å². The Kier molecular flexibility index (Phi) is 3.30. The number of aryl methyl sites for hydroxylation is 1. The summed E-state index contributed by atoms with van der Waals surface area (Å²) in [7, 11) is 0. The van der Waals surface area contributed by atoms with E-state index in [4.69, 9.17) is 10.1 Å². The molecule has 138 valence electrons. The lowest BCUT2D eigenvalue weighted by molar-refractivity contribution is -0.134. The summed E-state index contributed by atoms with van der Waals surface area (Å²) in [5.74, 6) is 2.74. The van der Waals surface area contributed by atoms with Crippen molar-refractivity contribution in [3.63, 3.8) is 0 Å². The second kappa shape index (κ2) is 5.63. The molecular formula is C23H25N3O. The largest absolute Gasteiger partial charge is 0.272 e. The average Bonchev–Trinajstić information content (AvgIpc) is 3.31. The number of amidine groups is 1. The van der Waals surface area contributed by atoms with Gasteiger partial charge in [0.05, 0.1) is 17.7 Å². The monoisotopic (exact) mass is 359 g/mol. The molecule has 2 bridgehead atoms. The summed E-state index contributed by atoms with van der Waals surface area (Å²) in [6.07, 6.45) is 10.4. The molecule has 4 heteroatoms. The summed E-state index contributed by atoms with van der Waals surface area (Å²) >= 11 is 0. The molecule has 0 aromatic heterocycles. The van der Waals surface area contributed by atoms with Gasteiger partial charge in [-0.05, 0) is 37.7 Å². The van der Waals surface area contributed by atoms with Crippen LogP contribution in [0.3, 0.4) is 0 Å². The van der Waals surface area contributed by atoms with E-state index in [-0.39, 0.29) is 17.9 Å². The molecule has 6 atom stereocenters. The number of allylic oxidation sites excluding steroid dienone is 1. The molecular weight excluding hydrogens is 334 g/mol. The van der Waals surface area contributed by atoms with E-state index in [2.05, 4.69) is 43.3 Å². The molecule has 0 N–H and O–H groups in total. The summed E-state index contributed by atoms with van der Waals surface area (Å²) < 4.78 is 0. The third kappa shape index (κ3) is 2.19. The van der Waals surface area contributed by atoms with Crippen molar-refractivity contribution in [2.75, 3.05) is 0 Å². The highest BCUT2D eigenvalue weighted by Crippen LogP contribution is 2.50. The zero-order chi connectivity index (χ0) is 18.1. The molecule has 0 saturated heterocycles. The number of benzene rings is 1. The Morgan fingerprint density at radius 3 is 2.56 bits per heavy atom. The molecule has 6 rings (SSSR count). The molecule has 1 amide bonds. The predicted molar refractivity (Wildman–Crippen MR) is 105 cm³/mol. The summed E-state index contributed by atoms with van der Waals surface area (Å²) in [4.78, 5) is 18.6. The Labute approximate surface area is 160 Å². The Hall–Kier alpha value is -2.23. The molecule has 2 saturated carbocycles. The number of aliphatic imine (C=N–C) groups is 1. The average molecular weight is 359 g/mol. The highest BCUT2D eigenvalue weighted by molar-refractivity contribution is 6.12. The van der Waals surface area contributed by atoms with Gasteiger partial charge in [0.1, 0.15) is 5.84 Å². The zero-order valence-electron chi connectivity index (χ0n) is 15.7. The third-order valence-corrected chi connectivity index (χ3v) is 7.41. The minimum Gasteiger partial charge on any atom is -0.272 e. The van der Waals surface area contributed by atoms with Gasteiger partial charge in [0, 0.05) is 17.8 Å². The molecule has 4 nitrogen and oxygen atoms in total. The van der Waals surface area contributed by atoms with Crippen LogP contribution < -0.4 is 0 Å². The second-order valence-electron chi connectivity index (χ2n) is 8.95. The van der Waals surface area contributed by atoms with Gasteiger partial charge in [-0.15, -0.1) is 0 Å². The first-order valence-corrected chi connectivity index (χ1v) is 10.5. The van der Waals surface area contributed by atoms with Crippen LogP contribution in [0.25, 0.3) is 0 Å². The van der Waals surface area contributed by atoms with Crippen LogP contribution in [0.4, 0.5) is 0 Å². The second-order valence-corrected chi connectivity index (χ2v) is 8.95. The Morgan fingerprint density at radius 1 is 1.00 bits per heavy atom. The number of hydrazone groups is 1. The molecule has 0 unspecified atom stereocenters. The number of nitrogens with zero attached hydrogens (tertiary/aromatic N) is 3. The maximum absolute atomic E-state index is 13.4. The highest BCUT2D eigenvalue weighted by atomic mass is 16.2. The van der Waals surface area contributed by atoms with Gasteiger partial charge in [-0.1, -0.05) is 54.8 Å². The van der Waals surface area contributed by atoms with Crippen LogP contribution in [0, 0.1) is 36.5 Å². The van der Waals surface area contributed by atoms with Gasteiger partial charge < -0.3 is 0 Å². The van der Waals surface area contributed by atoms with Crippen molar-refractivity contribution < 1.29 is 4.79 Å². The molecule has 1 aromatic carbocycles. The number of hydrogen-bond acceptors (Lipinski definition) is 3. The number of fused-ring (bicyclic) bond motifs is 8. The van der Waals surface area contributed by atoms with E-state index >= 15 is 0 Å². The molecule has 27 heavy (non-hydrogen) atoms. The van der Waals surface area contributed by atoms with Crippen molar-refractivity contribution in [3.8, 4) is 0 Å². The van der Waals surface area contributed by atoms with Gasteiger partial charge in [-0.3, -0.25) is 9.79 Å². The lowest BCUT2D eigenvalue weighted by Gasteiger charge is -2.44. The fraction of sp³-hybridized carbons (Fsp3) is 0.522. The maximum Gasteiger partial charge on any atom is 0.254 e. The first kappa shape index (κ1) is 15.8. The molecule has 1 aromatic rings. The SMILES string of the molecule is Cc1ccc(C2=NN3C(=O)[C@H]4[C@@H](N=C3[C@@H]3CCCC[C@H]23)[C@@H]2C=C[C@H]4C2)cc1. The van der Waals surface area contributed by atoms with Gasteiger partial charge in [0.25, 0.3) is 5.91 Å². The van der Waals surface area contributed by atoms with Crippen molar-refractivity contribution in [3.05, 3.63) is 47.5 Å². The Morgan fingerprint density at radius 2 is 1.74 bits per heavy atom. The first-order valence-electron chi connectivity index (χ1n) is 10.5. The lowest BCUT2D eigenvalue weighted by atomic mass is 9.72. The first-order chi connectivity index (χ1) is 13.2. The standard InChI is InChI=1S/C23H25N3O/c1-13-6-8-14(9-7-13)20-17-4-2-3-5-18(17)22-24-21-16-11-10-15(12-16)19(21)23(27)26(22)25-20/h6-11,15-19,21H,2-5,12H2,1H3/t15-,16+,17-,18+,19+,21-/m0/s1. The van der Waals surface area contributed by atoms with Crippen LogP contribution in [0.5, 0.6) is 0 Å². The van der Waals surface area contributed by atoms with Crippen molar-refractivity contribution in [1.29, 1.82) is 0 Å². The summed E-state index contributed by atoms with van der Waals surface area (Å²) in [6, 6.07) is 8.79. The number of amides is 1. The fourth-order valence-electron chi connectivity index (χ4n) is 6.06. The van der Waals surface area contributed by atoms with Crippen molar-refractivity contribution in [2.24, 2.45) is 39.7 Å². The number of carbonyl (C=O) groups excluding carboxylic acids is 1. The van der Waals surface area contributed by atoms with Crippen LogP contribution in [0.15, 0.2) is 46.5 Å². The van der Waals surface area contributed by atoms with Crippen molar-refractivity contribution in [1.82, 2.24) is 5.01 Å². The quantitative estimate of drug-likeness (QED) is 0.700. The smallest absolute Gasteiger partial charge is 0.254 e. The Balaban J connectivity index is 1.48. The van der Waals surface area contributed by atoms with E-state index in [1.807, 2.05) is 0 Å². The molecule has 3 aliphatic carbocycles. The van der Waals surface area contributed by atoms with E-state index < -0.39 is 0 Å². The minimum atomic E-state index is 0.00640. The molecule has 2 aliphatic heterocycles. The molecule has 0 spiro atoms. The summed E-state index contributed by atoms with van der Waals surface area (Å²) in [6.45, 7) is 2.11. The van der Waals surface area contributed by atoms with E-state index in [1.54, 1.807) is 5.01 Å². The summed E-state index contributed by atoms with van der Waals surface area (Å²) in [5, 5.41) is 6.68. The van der Waals surface area contributed by atoms with Crippen molar-refractivity contribution >= 4 is 17.5 Å². The zero-order valence-corrected chi connectivity index (χ0v) is 15.7. The molecule has 0 radical (unpaired) electrons. The third-order valence-electron chi connectivity index (χ3n) is 7.41. The fourth-order valence-corrected chi connectivity index (χ4v) is 6.06. The van der Waals surface area contributed by atoms with E-state index in [1.165, 1.54) is 24.0 Å². The topological polar surface area (TPSA) is 45.0 Å². The number of hydrogen-bond donors (Lipinski definition) is 0. The Bertz CT molecular complexity index is 897. The molecule has 2 fully saturated rings. The van der Waals surface area contributed by atoms with Crippen LogP contribution in [0.2, 0.25) is 0 Å². The molecule has 5 aliphatic rings. The van der Waals surface area contributed by atoms with Gasteiger partial charge in [0.15, 0.2) is 0 Å². The van der Waals surface area contributed by atoms with Gasteiger partial charge in [-0.2, -0.15) is 10.1 Å². The van der Waals surface area contributed by atoms with Crippen molar-refractivity contribution in [2.45, 2.75) is 45.1 Å². The minimum absolute atomic E-state index is 0.00640. The summed E-state index contributed by atoms with van der Waals surface area (Å²) in [5.41, 5.74) is 3.52. The number of rotatable bonds is 1. The van der Waals surface area contributed by atoms with Crippen LogP contribution in [0.1, 0.15) is 43.2 Å². The van der Waals surface area contributed by atoms with Crippen LogP contribution >= 0.6 is 0 Å². The van der Waals surface area contributed by atoms with Crippen LogP contribution in [-0.2, 0) is 4.79 Å². The van der Waals surface area contributed by atoms with E-state index in [0.717, 1.165) is 30.8 Å². The van der Waals surface area contributed by atoms with Gasteiger partial charge >= 0.3 is 0 Å². The van der Waals surface area contributed by atoms with Crippen LogP contribution in [-0.4, -0.2) is 28.5 Å². The highest BCUT2D eigenvalue weighted by Gasteiger charge is 2.55. The lowest BCUT2D eigenvalue weighted by Crippen LogP contribution is -2.55.